The van der Waals surface area contributed by atoms with E-state index in [-0.39, 0.29) is 5.91 Å². The van der Waals surface area contributed by atoms with Gasteiger partial charge in [-0.2, -0.15) is 0 Å². The van der Waals surface area contributed by atoms with Crippen LogP contribution in [0.3, 0.4) is 0 Å². The number of methoxy groups -OCH3 is 1. The summed E-state index contributed by atoms with van der Waals surface area (Å²) in [6.07, 6.45) is 3.85. The largest absolute Gasteiger partial charge is 0.497 e. The van der Waals surface area contributed by atoms with Crippen molar-refractivity contribution in [2.75, 3.05) is 17.7 Å². The van der Waals surface area contributed by atoms with E-state index in [2.05, 4.69) is 20.6 Å². The van der Waals surface area contributed by atoms with Gasteiger partial charge in [-0.25, -0.2) is 9.97 Å². The van der Waals surface area contributed by atoms with Gasteiger partial charge in [0.1, 0.15) is 11.4 Å². The van der Waals surface area contributed by atoms with Gasteiger partial charge in [-0.05, 0) is 43.2 Å². The highest BCUT2D eigenvalue weighted by atomic mass is 16.5. The lowest BCUT2D eigenvalue weighted by atomic mass is 10.3. The van der Waals surface area contributed by atoms with Crippen molar-refractivity contribution < 1.29 is 9.53 Å². The number of aromatic nitrogens is 2. The number of anilines is 2. The molecule has 1 aromatic carbocycles. The molecular weight excluding hydrogens is 268 g/mol. The lowest BCUT2D eigenvalue weighted by Crippen LogP contribution is -2.15. The fourth-order valence-electron chi connectivity index (χ4n) is 1.83. The molecule has 1 aromatic heterocycles. The van der Waals surface area contributed by atoms with Crippen LogP contribution in [-0.4, -0.2) is 29.0 Å². The van der Waals surface area contributed by atoms with E-state index < -0.39 is 0 Å². The third-order valence-corrected chi connectivity index (χ3v) is 3.15. The van der Waals surface area contributed by atoms with Crippen molar-refractivity contribution in [1.29, 1.82) is 0 Å². The zero-order chi connectivity index (χ0) is 14.7. The molecule has 21 heavy (non-hydrogen) atoms. The molecule has 2 aromatic rings. The molecule has 0 aliphatic heterocycles. The maximum Gasteiger partial charge on any atom is 0.274 e. The third kappa shape index (κ3) is 3.47. The Bertz CT molecular complexity index is 638. The molecule has 0 radical (unpaired) electrons. The Morgan fingerprint density at radius 3 is 2.67 bits per heavy atom. The summed E-state index contributed by atoms with van der Waals surface area (Å²) in [6.45, 7) is 0. The number of amides is 1. The predicted octanol–water partition coefficient (Wildman–Crippen LogP) is 2.31. The van der Waals surface area contributed by atoms with Crippen molar-refractivity contribution in [2.45, 2.75) is 18.9 Å². The van der Waals surface area contributed by atoms with Gasteiger partial charge < -0.3 is 15.4 Å². The van der Waals surface area contributed by atoms with Gasteiger partial charge in [0.05, 0.1) is 7.11 Å². The molecule has 0 unspecified atom stereocenters. The number of nitrogens with one attached hydrogen (secondary N) is 2. The highest BCUT2D eigenvalue weighted by molar-refractivity contribution is 6.02. The fourth-order valence-corrected chi connectivity index (χ4v) is 1.83. The van der Waals surface area contributed by atoms with Gasteiger partial charge in [-0.1, -0.05) is 0 Å². The molecule has 0 spiro atoms. The van der Waals surface area contributed by atoms with Crippen molar-refractivity contribution in [3.8, 4) is 5.75 Å². The van der Waals surface area contributed by atoms with Gasteiger partial charge in [0.2, 0.25) is 5.95 Å². The molecule has 1 amide bonds. The van der Waals surface area contributed by atoms with E-state index in [0.717, 1.165) is 18.6 Å². The minimum Gasteiger partial charge on any atom is -0.497 e. The zero-order valence-electron chi connectivity index (χ0n) is 11.7. The molecule has 6 heteroatoms. The average Bonchev–Trinajstić information content (AvgIpc) is 3.32. The Kier molecular flexibility index (Phi) is 3.68. The Hall–Kier alpha value is -2.63. The van der Waals surface area contributed by atoms with Crippen LogP contribution in [0.15, 0.2) is 36.5 Å². The van der Waals surface area contributed by atoms with Gasteiger partial charge in [-0.15, -0.1) is 0 Å². The maximum absolute atomic E-state index is 12.2. The van der Waals surface area contributed by atoms with Crippen LogP contribution in [0.4, 0.5) is 11.6 Å². The standard InChI is InChI=1S/C15H16N4O2/c1-21-12-6-4-10(5-7-12)17-14(20)13-8-9-16-15(19-13)18-11-2-3-11/h4-9,11H,2-3H2,1H3,(H,17,20)(H,16,18,19). The topological polar surface area (TPSA) is 76.1 Å². The van der Waals surface area contributed by atoms with Crippen molar-refractivity contribution in [2.24, 2.45) is 0 Å². The summed E-state index contributed by atoms with van der Waals surface area (Å²) in [7, 11) is 1.60. The molecule has 3 rings (SSSR count). The Morgan fingerprint density at radius 1 is 1.24 bits per heavy atom. The van der Waals surface area contributed by atoms with E-state index in [1.807, 2.05) is 0 Å². The smallest absolute Gasteiger partial charge is 0.274 e. The lowest BCUT2D eigenvalue weighted by Gasteiger charge is -2.07. The van der Waals surface area contributed by atoms with Crippen molar-refractivity contribution in [1.82, 2.24) is 9.97 Å². The number of benzene rings is 1. The van der Waals surface area contributed by atoms with Crippen LogP contribution in [0.25, 0.3) is 0 Å². The summed E-state index contributed by atoms with van der Waals surface area (Å²) < 4.78 is 5.08. The van der Waals surface area contributed by atoms with Crippen LogP contribution < -0.4 is 15.4 Å². The molecule has 0 saturated heterocycles. The first kappa shape index (κ1) is 13.4. The van der Waals surface area contributed by atoms with Gasteiger partial charge in [-0.3, -0.25) is 4.79 Å². The van der Waals surface area contributed by atoms with E-state index in [0.29, 0.717) is 23.4 Å². The molecule has 0 bridgehead atoms. The summed E-state index contributed by atoms with van der Waals surface area (Å²) in [6, 6.07) is 9.18. The minimum absolute atomic E-state index is 0.263. The van der Waals surface area contributed by atoms with E-state index in [4.69, 9.17) is 4.74 Å². The summed E-state index contributed by atoms with van der Waals surface area (Å²) >= 11 is 0. The summed E-state index contributed by atoms with van der Waals surface area (Å²) in [5.74, 6) is 0.979. The molecule has 1 heterocycles. The summed E-state index contributed by atoms with van der Waals surface area (Å²) in [4.78, 5) is 20.5. The van der Waals surface area contributed by atoms with Crippen molar-refractivity contribution >= 4 is 17.5 Å². The van der Waals surface area contributed by atoms with E-state index in [9.17, 15) is 4.79 Å². The number of ether oxygens (including phenoxy) is 1. The number of rotatable bonds is 5. The third-order valence-electron chi connectivity index (χ3n) is 3.15. The van der Waals surface area contributed by atoms with Crippen molar-refractivity contribution in [3.63, 3.8) is 0 Å². The Labute approximate surface area is 122 Å². The highest BCUT2D eigenvalue weighted by Gasteiger charge is 2.22. The van der Waals surface area contributed by atoms with Crippen LogP contribution >= 0.6 is 0 Å². The normalized spacial score (nSPS) is 13.6. The van der Waals surface area contributed by atoms with Crippen LogP contribution in [-0.2, 0) is 0 Å². The molecule has 1 fully saturated rings. The molecule has 2 N–H and O–H groups in total. The quantitative estimate of drug-likeness (QED) is 0.881. The second kappa shape index (κ2) is 5.78. The first-order valence-electron chi connectivity index (χ1n) is 6.79. The first-order chi connectivity index (χ1) is 10.2. The van der Waals surface area contributed by atoms with E-state index >= 15 is 0 Å². The maximum atomic E-state index is 12.2. The second-order valence-corrected chi connectivity index (χ2v) is 4.87. The minimum atomic E-state index is -0.263. The monoisotopic (exact) mass is 284 g/mol. The number of nitrogens with zero attached hydrogens (tertiary/aromatic N) is 2. The van der Waals surface area contributed by atoms with Gasteiger partial charge >= 0.3 is 0 Å². The van der Waals surface area contributed by atoms with Gasteiger partial charge in [0.25, 0.3) is 5.91 Å². The second-order valence-electron chi connectivity index (χ2n) is 4.87. The van der Waals surface area contributed by atoms with E-state index in [1.54, 1.807) is 43.6 Å². The Balaban J connectivity index is 1.68. The highest BCUT2D eigenvalue weighted by Crippen LogP contribution is 2.22. The van der Waals surface area contributed by atoms with Crippen LogP contribution in [0.5, 0.6) is 5.75 Å². The SMILES string of the molecule is COc1ccc(NC(=O)c2ccnc(NC3CC3)n2)cc1. The molecule has 108 valence electrons. The van der Waals surface area contributed by atoms with E-state index in [1.165, 1.54) is 0 Å². The lowest BCUT2D eigenvalue weighted by molar-refractivity contribution is 0.102. The average molecular weight is 284 g/mol. The number of hydrogen-bond donors (Lipinski definition) is 2. The van der Waals surface area contributed by atoms with Gasteiger partial charge in [0, 0.05) is 17.9 Å². The molecule has 1 saturated carbocycles. The van der Waals surface area contributed by atoms with Crippen LogP contribution in [0.2, 0.25) is 0 Å². The number of carbonyl (C=O) groups excluding carboxylic acids is 1. The molecule has 1 aliphatic carbocycles. The summed E-state index contributed by atoms with van der Waals surface area (Å²) in [5.41, 5.74) is 1.03. The Morgan fingerprint density at radius 2 is 2.00 bits per heavy atom. The molecular formula is C15H16N4O2. The molecule has 6 nitrogen and oxygen atoms in total. The van der Waals surface area contributed by atoms with Crippen molar-refractivity contribution in [3.05, 3.63) is 42.2 Å². The summed E-state index contributed by atoms with van der Waals surface area (Å²) in [5, 5.41) is 5.96. The predicted molar refractivity (Wildman–Crippen MR) is 79.6 cm³/mol. The first-order valence-corrected chi connectivity index (χ1v) is 6.79. The number of hydrogen-bond acceptors (Lipinski definition) is 5. The van der Waals surface area contributed by atoms with Crippen LogP contribution in [0, 0.1) is 0 Å². The van der Waals surface area contributed by atoms with Gasteiger partial charge in [0.15, 0.2) is 0 Å². The zero-order valence-corrected chi connectivity index (χ0v) is 11.7. The van der Waals surface area contributed by atoms with Crippen LogP contribution in [0.1, 0.15) is 23.3 Å². The molecule has 0 atom stereocenters. The fraction of sp³-hybridized carbons (Fsp3) is 0.267. The molecule has 1 aliphatic rings. The number of carbonyl (C=O) groups is 1.